The van der Waals surface area contributed by atoms with Gasteiger partial charge in [0.1, 0.15) is 5.75 Å². The molecule has 3 rings (SSSR count). The predicted molar refractivity (Wildman–Crippen MR) is 109 cm³/mol. The number of benzene rings is 2. The number of carbonyl (C=O) groups excluding carboxylic acids is 2. The molecule has 7 nitrogen and oxygen atoms in total. The summed E-state index contributed by atoms with van der Waals surface area (Å²) in [4.78, 5) is 35.3. The number of halogens is 1. The fraction of sp³-hybridized carbons (Fsp3) is 0.190. The Kier molecular flexibility index (Phi) is 5.89. The molecule has 0 bridgehead atoms. The van der Waals surface area contributed by atoms with Gasteiger partial charge >= 0.3 is 5.97 Å². The minimum absolute atomic E-state index is 0.137. The number of fused-ring (bicyclic) bond motifs is 1. The maximum Gasteiger partial charge on any atom is 0.341 e. The fourth-order valence-corrected chi connectivity index (χ4v) is 3.63. The molecule has 0 aliphatic carbocycles. The number of carbonyl (C=O) groups is 3. The standard InChI is InChI=1S/C21H19ClN2O5/c1-2-14-19(20(27)21(23)28)18-15(7-4-8-16(18)29-11-17(25)26)24(14)10-12-5-3-6-13(22)9-12/h3-9H,2,10-11H2,1H3,(H2,23,28)(H,25,26). The topological polar surface area (TPSA) is 112 Å². The minimum atomic E-state index is -1.15. The largest absolute Gasteiger partial charge is 0.481 e. The Morgan fingerprint density at radius 2 is 1.90 bits per heavy atom. The summed E-state index contributed by atoms with van der Waals surface area (Å²) in [5.74, 6) is -2.88. The predicted octanol–water partition coefficient (Wildman–Crippen LogP) is 3.04. The number of aliphatic carboxylic acids is 1. The Morgan fingerprint density at radius 3 is 2.52 bits per heavy atom. The normalized spacial score (nSPS) is 10.8. The Labute approximate surface area is 171 Å². The van der Waals surface area contributed by atoms with Crippen LogP contribution in [0.4, 0.5) is 0 Å². The van der Waals surface area contributed by atoms with Gasteiger partial charge in [-0.05, 0) is 36.2 Å². The van der Waals surface area contributed by atoms with E-state index in [1.165, 1.54) is 0 Å². The van der Waals surface area contributed by atoms with E-state index in [4.69, 9.17) is 27.2 Å². The van der Waals surface area contributed by atoms with E-state index in [0.717, 1.165) is 5.56 Å². The van der Waals surface area contributed by atoms with Gasteiger partial charge in [0.15, 0.2) is 6.61 Å². The third-order valence-electron chi connectivity index (χ3n) is 4.53. The van der Waals surface area contributed by atoms with Crippen LogP contribution in [0.3, 0.4) is 0 Å². The number of hydrogen-bond donors (Lipinski definition) is 2. The summed E-state index contributed by atoms with van der Waals surface area (Å²) in [5.41, 5.74) is 7.57. The van der Waals surface area contributed by atoms with E-state index in [9.17, 15) is 14.4 Å². The van der Waals surface area contributed by atoms with Crippen molar-refractivity contribution in [3.8, 4) is 5.75 Å². The summed E-state index contributed by atoms with van der Waals surface area (Å²) >= 11 is 6.10. The van der Waals surface area contributed by atoms with Gasteiger partial charge in [-0.25, -0.2) is 4.79 Å². The quantitative estimate of drug-likeness (QED) is 0.434. The Morgan fingerprint density at radius 1 is 1.17 bits per heavy atom. The van der Waals surface area contributed by atoms with Gasteiger partial charge in [0, 0.05) is 17.3 Å². The van der Waals surface area contributed by atoms with Crippen LogP contribution in [0.5, 0.6) is 5.75 Å². The highest BCUT2D eigenvalue weighted by molar-refractivity contribution is 6.45. The molecular formula is C21H19ClN2O5. The van der Waals surface area contributed by atoms with Crippen LogP contribution >= 0.6 is 11.6 Å². The third-order valence-corrected chi connectivity index (χ3v) is 4.76. The van der Waals surface area contributed by atoms with Crippen LogP contribution in [0.25, 0.3) is 10.9 Å². The lowest BCUT2D eigenvalue weighted by molar-refractivity contribution is -0.139. The lowest BCUT2D eigenvalue weighted by Crippen LogP contribution is -2.24. The van der Waals surface area contributed by atoms with Crippen LogP contribution in [0.15, 0.2) is 42.5 Å². The van der Waals surface area contributed by atoms with E-state index < -0.39 is 24.3 Å². The number of carboxylic acids is 1. The maximum atomic E-state index is 12.7. The van der Waals surface area contributed by atoms with Gasteiger partial charge in [0.2, 0.25) is 0 Å². The number of rotatable bonds is 8. The number of nitrogens with zero attached hydrogens (tertiary/aromatic N) is 1. The monoisotopic (exact) mass is 414 g/mol. The first-order valence-corrected chi connectivity index (χ1v) is 9.28. The summed E-state index contributed by atoms with van der Waals surface area (Å²) in [6, 6.07) is 12.3. The second kappa shape index (κ2) is 8.36. The summed E-state index contributed by atoms with van der Waals surface area (Å²) in [7, 11) is 0. The second-order valence-electron chi connectivity index (χ2n) is 6.42. The number of carboxylic acid groups (broad SMARTS) is 1. The van der Waals surface area contributed by atoms with Gasteiger partial charge in [-0.3, -0.25) is 9.59 Å². The first kappa shape index (κ1) is 20.4. The summed E-state index contributed by atoms with van der Waals surface area (Å²) in [6.07, 6.45) is 0.446. The zero-order chi connectivity index (χ0) is 21.1. The van der Waals surface area contributed by atoms with Crippen LogP contribution in [-0.2, 0) is 22.6 Å². The lowest BCUT2D eigenvalue weighted by Gasteiger charge is -2.11. The van der Waals surface area contributed by atoms with E-state index in [1.807, 2.05) is 29.7 Å². The molecule has 0 fully saturated rings. The van der Waals surface area contributed by atoms with Gasteiger partial charge < -0.3 is 20.1 Å². The van der Waals surface area contributed by atoms with E-state index in [2.05, 4.69) is 0 Å². The molecule has 0 saturated heterocycles. The van der Waals surface area contributed by atoms with E-state index >= 15 is 0 Å². The molecule has 1 amide bonds. The molecule has 0 spiro atoms. The molecule has 0 unspecified atom stereocenters. The summed E-state index contributed by atoms with van der Waals surface area (Å²) < 4.78 is 7.29. The van der Waals surface area contributed by atoms with Gasteiger partial charge in [0.25, 0.3) is 11.7 Å². The van der Waals surface area contributed by atoms with Crippen molar-refractivity contribution in [2.75, 3.05) is 6.61 Å². The molecule has 8 heteroatoms. The summed E-state index contributed by atoms with van der Waals surface area (Å²) in [5, 5.41) is 9.91. The van der Waals surface area contributed by atoms with Gasteiger partial charge in [-0.15, -0.1) is 0 Å². The summed E-state index contributed by atoms with van der Waals surface area (Å²) in [6.45, 7) is 1.68. The highest BCUT2D eigenvalue weighted by atomic mass is 35.5. The third kappa shape index (κ3) is 4.09. The molecule has 1 heterocycles. The second-order valence-corrected chi connectivity index (χ2v) is 6.85. The molecule has 0 aliphatic heterocycles. The van der Waals surface area contributed by atoms with Crippen molar-refractivity contribution < 1.29 is 24.2 Å². The number of primary amides is 1. The first-order chi connectivity index (χ1) is 13.8. The van der Waals surface area contributed by atoms with E-state index in [0.29, 0.717) is 34.6 Å². The number of ether oxygens (including phenoxy) is 1. The smallest absolute Gasteiger partial charge is 0.341 e. The van der Waals surface area contributed by atoms with Gasteiger partial charge in [-0.1, -0.05) is 36.7 Å². The van der Waals surface area contributed by atoms with Gasteiger partial charge in [-0.2, -0.15) is 0 Å². The highest BCUT2D eigenvalue weighted by Gasteiger charge is 2.27. The zero-order valence-electron chi connectivity index (χ0n) is 15.6. The molecule has 0 radical (unpaired) electrons. The molecule has 3 aromatic rings. The van der Waals surface area contributed by atoms with Crippen molar-refractivity contribution in [3.05, 3.63) is 64.3 Å². The van der Waals surface area contributed by atoms with Crippen molar-refractivity contribution in [3.63, 3.8) is 0 Å². The molecule has 0 atom stereocenters. The first-order valence-electron chi connectivity index (χ1n) is 8.90. The molecule has 3 N–H and O–H groups in total. The van der Waals surface area contributed by atoms with Crippen LogP contribution in [0, 0.1) is 0 Å². The number of Topliss-reactive ketones (excluding diaryl/α,β-unsaturated/α-hetero) is 1. The minimum Gasteiger partial charge on any atom is -0.481 e. The Bertz CT molecular complexity index is 1120. The molecule has 2 aromatic carbocycles. The Hall–Kier alpha value is -3.32. The van der Waals surface area contributed by atoms with Crippen LogP contribution in [0.1, 0.15) is 28.5 Å². The maximum absolute atomic E-state index is 12.7. The van der Waals surface area contributed by atoms with Crippen molar-refractivity contribution in [2.24, 2.45) is 5.73 Å². The van der Waals surface area contributed by atoms with Crippen LogP contribution in [0.2, 0.25) is 5.02 Å². The van der Waals surface area contributed by atoms with E-state index in [1.54, 1.807) is 24.3 Å². The number of aromatic nitrogens is 1. The Balaban J connectivity index is 2.27. The molecule has 1 aromatic heterocycles. The zero-order valence-corrected chi connectivity index (χ0v) is 16.4. The average Bonchev–Trinajstić information content (AvgIpc) is 2.99. The van der Waals surface area contributed by atoms with Crippen molar-refractivity contribution >= 4 is 40.2 Å². The van der Waals surface area contributed by atoms with Gasteiger partial charge in [0.05, 0.1) is 16.5 Å². The molecule has 0 aliphatic rings. The van der Waals surface area contributed by atoms with Crippen molar-refractivity contribution in [2.45, 2.75) is 19.9 Å². The molecule has 0 saturated carbocycles. The molecule has 150 valence electrons. The van der Waals surface area contributed by atoms with E-state index in [-0.39, 0.29) is 11.3 Å². The van der Waals surface area contributed by atoms with Crippen LogP contribution < -0.4 is 10.5 Å². The SMILES string of the molecule is CCc1c(C(=O)C(N)=O)c2c(OCC(=O)O)cccc2n1Cc1cccc(Cl)c1. The molecular weight excluding hydrogens is 396 g/mol. The number of amides is 1. The lowest BCUT2D eigenvalue weighted by atomic mass is 10.0. The number of hydrogen-bond acceptors (Lipinski definition) is 4. The number of nitrogens with two attached hydrogens (primary N) is 1. The molecule has 29 heavy (non-hydrogen) atoms. The average molecular weight is 415 g/mol. The van der Waals surface area contributed by atoms with Crippen molar-refractivity contribution in [1.82, 2.24) is 4.57 Å². The fourth-order valence-electron chi connectivity index (χ4n) is 3.41. The van der Waals surface area contributed by atoms with Crippen molar-refractivity contribution in [1.29, 1.82) is 0 Å². The highest BCUT2D eigenvalue weighted by Crippen LogP contribution is 2.35. The number of ketones is 1. The van der Waals surface area contributed by atoms with Crippen LogP contribution in [-0.4, -0.2) is 33.9 Å².